The van der Waals surface area contributed by atoms with E-state index in [1.54, 1.807) is 30.3 Å². The molecule has 1 aliphatic rings. The van der Waals surface area contributed by atoms with E-state index in [1.807, 2.05) is 0 Å². The standard InChI is InChI=1S/C18H11NO5S.Na/c20-17-12-3-1-2-4-13(12)18(21)16(17)15-7-5-10-9-11(25(22,23)24)6-8-14(10)19-15;/h1-9,16H,(H,22,23,24);. The average Bonchev–Trinajstić information content (AvgIpc) is 2.85. The summed E-state index contributed by atoms with van der Waals surface area (Å²) >= 11 is 0. The minimum atomic E-state index is -4.31. The van der Waals surface area contributed by atoms with Gasteiger partial charge in [0, 0.05) is 46.1 Å². The third kappa shape index (κ3) is 3.02. The first-order valence-electron chi connectivity index (χ1n) is 7.42. The topological polar surface area (TPSA) is 101 Å². The summed E-state index contributed by atoms with van der Waals surface area (Å²) in [7, 11) is -4.31. The zero-order valence-corrected chi connectivity index (χ0v) is 16.5. The molecule has 0 fully saturated rings. The molecule has 0 aliphatic heterocycles. The Labute approximate surface area is 171 Å². The molecule has 0 amide bonds. The zero-order chi connectivity index (χ0) is 17.8. The fourth-order valence-corrected chi connectivity index (χ4v) is 3.57. The van der Waals surface area contributed by atoms with E-state index in [4.69, 9.17) is 4.55 Å². The minimum absolute atomic E-state index is 0. The fraction of sp³-hybridized carbons (Fsp3) is 0.0556. The van der Waals surface area contributed by atoms with Crippen molar-refractivity contribution in [2.45, 2.75) is 10.8 Å². The molecule has 0 saturated carbocycles. The van der Waals surface area contributed by atoms with Gasteiger partial charge in [0.05, 0.1) is 16.1 Å². The van der Waals surface area contributed by atoms with Crippen LogP contribution in [0.1, 0.15) is 32.3 Å². The summed E-state index contributed by atoms with van der Waals surface area (Å²) in [5.41, 5.74) is 1.53. The van der Waals surface area contributed by atoms with Crippen molar-refractivity contribution < 1.29 is 22.6 Å². The molecule has 0 saturated heterocycles. The molecule has 6 nitrogen and oxygen atoms in total. The number of carbonyl (C=O) groups is 2. The van der Waals surface area contributed by atoms with Gasteiger partial charge >= 0.3 is 0 Å². The number of carbonyl (C=O) groups excluding carboxylic acids is 2. The van der Waals surface area contributed by atoms with E-state index in [2.05, 4.69) is 4.98 Å². The van der Waals surface area contributed by atoms with Gasteiger partial charge in [-0.3, -0.25) is 19.1 Å². The summed E-state index contributed by atoms with van der Waals surface area (Å²) in [6.45, 7) is 0. The number of benzene rings is 2. The summed E-state index contributed by atoms with van der Waals surface area (Å²) in [6.07, 6.45) is 0. The summed E-state index contributed by atoms with van der Waals surface area (Å²) < 4.78 is 31.5. The Morgan fingerprint density at radius 1 is 0.885 bits per heavy atom. The maximum absolute atomic E-state index is 12.6. The second-order valence-corrected chi connectivity index (χ2v) is 7.19. The Balaban J connectivity index is 0.00000196. The molecule has 1 aromatic heterocycles. The van der Waals surface area contributed by atoms with Gasteiger partial charge in [0.2, 0.25) is 0 Å². The van der Waals surface area contributed by atoms with Crippen molar-refractivity contribution in [3.8, 4) is 0 Å². The molecule has 4 rings (SSSR count). The van der Waals surface area contributed by atoms with Gasteiger partial charge in [-0.1, -0.05) is 30.3 Å². The van der Waals surface area contributed by atoms with Gasteiger partial charge in [0.15, 0.2) is 11.6 Å². The van der Waals surface area contributed by atoms with Gasteiger partial charge in [0.25, 0.3) is 10.1 Å². The predicted molar refractivity (Wildman–Crippen MR) is 95.2 cm³/mol. The van der Waals surface area contributed by atoms with Crippen LogP contribution < -0.4 is 0 Å². The molecule has 3 aromatic rings. The van der Waals surface area contributed by atoms with Gasteiger partial charge in [0.1, 0.15) is 5.92 Å². The van der Waals surface area contributed by atoms with Crippen molar-refractivity contribution in [3.63, 3.8) is 0 Å². The van der Waals surface area contributed by atoms with Gasteiger partial charge in [-0.05, 0) is 24.3 Å². The molecule has 1 aliphatic carbocycles. The van der Waals surface area contributed by atoms with E-state index in [9.17, 15) is 18.0 Å². The van der Waals surface area contributed by atoms with Crippen LogP contribution in [0.25, 0.3) is 10.9 Å². The van der Waals surface area contributed by atoms with Crippen molar-refractivity contribution >= 4 is 62.1 Å². The molecule has 1 heterocycles. The number of Topliss-reactive ketones (excluding diaryl/α,β-unsaturated/α-hetero) is 2. The average molecular weight is 376 g/mol. The van der Waals surface area contributed by atoms with Gasteiger partial charge in [-0.15, -0.1) is 0 Å². The van der Waals surface area contributed by atoms with Gasteiger partial charge < -0.3 is 0 Å². The zero-order valence-electron chi connectivity index (χ0n) is 13.7. The van der Waals surface area contributed by atoms with Crippen LogP contribution in [0.15, 0.2) is 59.5 Å². The molecule has 125 valence electrons. The van der Waals surface area contributed by atoms with E-state index >= 15 is 0 Å². The number of ketones is 2. The summed E-state index contributed by atoms with van der Waals surface area (Å²) in [4.78, 5) is 29.2. The van der Waals surface area contributed by atoms with Crippen molar-refractivity contribution in [2.24, 2.45) is 0 Å². The maximum Gasteiger partial charge on any atom is 0.294 e. The van der Waals surface area contributed by atoms with Crippen LogP contribution in [-0.4, -0.2) is 59.1 Å². The number of aromatic nitrogens is 1. The van der Waals surface area contributed by atoms with Crippen molar-refractivity contribution in [1.29, 1.82) is 0 Å². The van der Waals surface area contributed by atoms with Gasteiger partial charge in [-0.25, -0.2) is 0 Å². The molecule has 0 bridgehead atoms. The second kappa shape index (κ2) is 6.68. The minimum Gasteiger partial charge on any atom is -0.293 e. The smallest absolute Gasteiger partial charge is 0.293 e. The summed E-state index contributed by atoms with van der Waals surface area (Å²) in [5.74, 6) is -1.56. The van der Waals surface area contributed by atoms with Crippen LogP contribution in [0.2, 0.25) is 0 Å². The van der Waals surface area contributed by atoms with Crippen molar-refractivity contribution in [2.75, 3.05) is 0 Å². The number of hydrogen-bond acceptors (Lipinski definition) is 5. The SMILES string of the molecule is O=C1c2ccccc2C(=O)C1c1ccc2cc(S(=O)(=O)O)ccc2n1.[Na]. The molecule has 0 spiro atoms. The maximum atomic E-state index is 12.6. The largest absolute Gasteiger partial charge is 0.294 e. The monoisotopic (exact) mass is 376 g/mol. The molecule has 0 atom stereocenters. The summed E-state index contributed by atoms with van der Waals surface area (Å²) in [5, 5.41) is 0.481. The van der Waals surface area contributed by atoms with Gasteiger partial charge in [-0.2, -0.15) is 8.42 Å². The number of fused-ring (bicyclic) bond motifs is 2. The fourth-order valence-electron chi connectivity index (χ4n) is 3.05. The van der Waals surface area contributed by atoms with Crippen LogP contribution in [0.4, 0.5) is 0 Å². The first-order chi connectivity index (χ1) is 11.9. The molecule has 2 aromatic carbocycles. The van der Waals surface area contributed by atoms with E-state index in [-0.39, 0.29) is 46.0 Å². The number of hydrogen-bond donors (Lipinski definition) is 1. The Morgan fingerprint density at radius 2 is 1.50 bits per heavy atom. The van der Waals surface area contributed by atoms with E-state index in [0.29, 0.717) is 27.7 Å². The number of pyridine rings is 1. The van der Waals surface area contributed by atoms with E-state index in [0.717, 1.165) is 0 Å². The third-order valence-corrected chi connectivity index (χ3v) is 5.11. The third-order valence-electron chi connectivity index (χ3n) is 4.26. The van der Waals surface area contributed by atoms with Crippen LogP contribution in [-0.2, 0) is 10.1 Å². The van der Waals surface area contributed by atoms with E-state index in [1.165, 1.54) is 24.3 Å². The molecule has 1 radical (unpaired) electrons. The second-order valence-electron chi connectivity index (χ2n) is 5.77. The summed E-state index contributed by atoms with van der Waals surface area (Å²) in [6, 6.07) is 13.7. The molecule has 8 heteroatoms. The predicted octanol–water partition coefficient (Wildman–Crippen LogP) is 2.26. The first-order valence-corrected chi connectivity index (χ1v) is 8.86. The normalized spacial score (nSPS) is 14.3. The quantitative estimate of drug-likeness (QED) is 0.418. The van der Waals surface area contributed by atoms with Crippen LogP contribution in [0, 0.1) is 0 Å². The number of rotatable bonds is 2. The molecule has 26 heavy (non-hydrogen) atoms. The molecule has 0 unspecified atom stereocenters. The Hall–Kier alpha value is -1.90. The van der Waals surface area contributed by atoms with Crippen LogP contribution >= 0.6 is 0 Å². The number of nitrogens with zero attached hydrogens (tertiary/aromatic N) is 1. The molecular formula is C18H11NNaO5S. The Bertz CT molecular complexity index is 1140. The van der Waals surface area contributed by atoms with Crippen molar-refractivity contribution in [3.05, 3.63) is 71.4 Å². The Kier molecular flexibility index (Phi) is 4.85. The first kappa shape index (κ1) is 18.9. The van der Waals surface area contributed by atoms with E-state index < -0.39 is 16.0 Å². The van der Waals surface area contributed by atoms with Crippen LogP contribution in [0.3, 0.4) is 0 Å². The van der Waals surface area contributed by atoms with Crippen molar-refractivity contribution in [1.82, 2.24) is 4.98 Å². The molecule has 1 N–H and O–H groups in total. The Morgan fingerprint density at radius 3 is 2.08 bits per heavy atom. The molecular weight excluding hydrogens is 365 g/mol. The van der Waals surface area contributed by atoms with Crippen LogP contribution in [0.5, 0.6) is 0 Å².